The van der Waals surface area contributed by atoms with E-state index in [-0.39, 0.29) is 11.2 Å². The first-order valence-corrected chi connectivity index (χ1v) is 6.52. The van der Waals surface area contributed by atoms with E-state index < -0.39 is 0 Å². The summed E-state index contributed by atoms with van der Waals surface area (Å²) in [5, 5.41) is 3.30. The predicted molar refractivity (Wildman–Crippen MR) is 73.0 cm³/mol. The van der Waals surface area contributed by atoms with Gasteiger partial charge in [0, 0.05) is 24.8 Å². The fourth-order valence-corrected chi connectivity index (χ4v) is 1.74. The van der Waals surface area contributed by atoms with Gasteiger partial charge in [0.2, 0.25) is 0 Å². The van der Waals surface area contributed by atoms with Gasteiger partial charge in [-0.1, -0.05) is 13.8 Å². The van der Waals surface area contributed by atoms with Gasteiger partial charge in [0.05, 0.1) is 0 Å². The zero-order valence-corrected chi connectivity index (χ0v) is 11.5. The third-order valence-corrected chi connectivity index (χ3v) is 2.85. The second kappa shape index (κ2) is 7.16. The summed E-state index contributed by atoms with van der Waals surface area (Å²) in [5.74, 6) is 0.733. The van der Waals surface area contributed by atoms with Crippen molar-refractivity contribution >= 4 is 0 Å². The maximum absolute atomic E-state index is 11.5. The summed E-state index contributed by atoms with van der Waals surface area (Å²) in [4.78, 5) is 25.0. The number of hydrogen-bond donors (Lipinski definition) is 2. The van der Waals surface area contributed by atoms with Crippen LogP contribution in [0.1, 0.15) is 32.3 Å². The van der Waals surface area contributed by atoms with Gasteiger partial charge < -0.3 is 5.32 Å². The molecule has 0 fully saturated rings. The Morgan fingerprint density at radius 1 is 1.33 bits per heavy atom. The van der Waals surface area contributed by atoms with Crippen molar-refractivity contribution in [3.63, 3.8) is 0 Å². The second-order valence-electron chi connectivity index (χ2n) is 5.05. The Labute approximate surface area is 107 Å². The molecule has 2 N–H and O–H groups in total. The van der Waals surface area contributed by atoms with E-state index in [1.807, 2.05) is 0 Å². The topological polar surface area (TPSA) is 66.9 Å². The van der Waals surface area contributed by atoms with Crippen LogP contribution in [0.2, 0.25) is 0 Å². The Morgan fingerprint density at radius 2 is 2.06 bits per heavy atom. The molecule has 1 rings (SSSR count). The van der Waals surface area contributed by atoms with Crippen molar-refractivity contribution < 1.29 is 0 Å². The number of H-pyrrole nitrogens is 1. The van der Waals surface area contributed by atoms with Crippen LogP contribution >= 0.6 is 0 Å². The molecule has 1 aromatic heterocycles. The third-order valence-electron chi connectivity index (χ3n) is 2.85. The second-order valence-corrected chi connectivity index (χ2v) is 5.05. The first-order valence-electron chi connectivity index (χ1n) is 6.52. The summed E-state index contributed by atoms with van der Waals surface area (Å²) >= 11 is 0. The van der Waals surface area contributed by atoms with E-state index in [9.17, 15) is 9.59 Å². The molecule has 0 aliphatic carbocycles. The highest BCUT2D eigenvalue weighted by Gasteiger charge is 2.00. The molecule has 0 aliphatic heterocycles. The number of rotatable bonds is 7. The number of nitrogens with zero attached hydrogens (tertiary/aromatic N) is 1. The van der Waals surface area contributed by atoms with Crippen LogP contribution in [0.15, 0.2) is 15.8 Å². The number of nitrogens with one attached hydrogen (secondary N) is 2. The SMILES string of the molecule is Cc1cn(CCNCCCC(C)C)c(=O)[nH]c1=O. The van der Waals surface area contributed by atoms with Gasteiger partial charge in [0.25, 0.3) is 5.56 Å². The molecule has 102 valence electrons. The number of aromatic amines is 1. The van der Waals surface area contributed by atoms with E-state index in [1.54, 1.807) is 13.1 Å². The van der Waals surface area contributed by atoms with Crippen molar-refractivity contribution in [3.8, 4) is 0 Å². The zero-order chi connectivity index (χ0) is 13.5. The first-order chi connectivity index (χ1) is 8.50. The lowest BCUT2D eigenvalue weighted by molar-refractivity contribution is 0.510. The van der Waals surface area contributed by atoms with Gasteiger partial charge in [-0.3, -0.25) is 14.3 Å². The van der Waals surface area contributed by atoms with Crippen molar-refractivity contribution in [1.82, 2.24) is 14.9 Å². The highest BCUT2D eigenvalue weighted by atomic mass is 16.2. The van der Waals surface area contributed by atoms with Gasteiger partial charge in [0.1, 0.15) is 0 Å². The van der Waals surface area contributed by atoms with Crippen LogP contribution in [-0.2, 0) is 6.54 Å². The summed E-state index contributed by atoms with van der Waals surface area (Å²) in [6.07, 6.45) is 3.97. The third kappa shape index (κ3) is 4.87. The van der Waals surface area contributed by atoms with Crippen molar-refractivity contribution in [2.45, 2.75) is 40.2 Å². The molecule has 0 aromatic carbocycles. The van der Waals surface area contributed by atoms with Crippen LogP contribution < -0.4 is 16.6 Å². The van der Waals surface area contributed by atoms with E-state index >= 15 is 0 Å². The van der Waals surface area contributed by atoms with Gasteiger partial charge in [0.15, 0.2) is 0 Å². The van der Waals surface area contributed by atoms with Crippen LogP contribution in [-0.4, -0.2) is 22.6 Å². The lowest BCUT2D eigenvalue weighted by Gasteiger charge is -2.08. The lowest BCUT2D eigenvalue weighted by atomic mass is 10.1. The number of hydrogen-bond acceptors (Lipinski definition) is 3. The van der Waals surface area contributed by atoms with E-state index in [1.165, 1.54) is 11.0 Å². The Bertz CT molecular complexity index is 474. The zero-order valence-electron chi connectivity index (χ0n) is 11.5. The van der Waals surface area contributed by atoms with Crippen molar-refractivity contribution in [2.24, 2.45) is 5.92 Å². The lowest BCUT2D eigenvalue weighted by Crippen LogP contribution is -2.33. The minimum atomic E-state index is -0.338. The summed E-state index contributed by atoms with van der Waals surface area (Å²) in [6, 6.07) is 0. The molecule has 0 spiro atoms. The minimum Gasteiger partial charge on any atom is -0.315 e. The summed E-state index contributed by atoms with van der Waals surface area (Å²) < 4.78 is 1.53. The first kappa shape index (κ1) is 14.7. The molecule has 5 heteroatoms. The average Bonchev–Trinajstić information content (AvgIpc) is 2.29. The van der Waals surface area contributed by atoms with Crippen LogP contribution in [0.4, 0.5) is 0 Å². The fraction of sp³-hybridized carbons (Fsp3) is 0.692. The molecule has 5 nitrogen and oxygen atoms in total. The van der Waals surface area contributed by atoms with Gasteiger partial charge in [-0.2, -0.15) is 0 Å². The molecule has 0 aliphatic rings. The van der Waals surface area contributed by atoms with Gasteiger partial charge in [-0.25, -0.2) is 4.79 Å². The van der Waals surface area contributed by atoms with Crippen molar-refractivity contribution in [2.75, 3.05) is 13.1 Å². The van der Waals surface area contributed by atoms with Gasteiger partial charge >= 0.3 is 5.69 Å². The molecule has 1 heterocycles. The molecular weight excluding hydrogens is 230 g/mol. The van der Waals surface area contributed by atoms with E-state index in [0.717, 1.165) is 25.4 Å². The Balaban J connectivity index is 2.34. The standard InChI is InChI=1S/C13H23N3O2/c1-10(2)5-4-6-14-7-8-16-9-11(3)12(17)15-13(16)18/h9-10,14H,4-8H2,1-3H3,(H,15,17,18). The highest BCUT2D eigenvalue weighted by molar-refractivity contribution is 5.00. The van der Waals surface area contributed by atoms with E-state index in [2.05, 4.69) is 24.1 Å². The Kier molecular flexibility index (Phi) is 5.85. The molecular formula is C13H23N3O2. The Morgan fingerprint density at radius 3 is 2.72 bits per heavy atom. The van der Waals surface area contributed by atoms with E-state index in [0.29, 0.717) is 12.1 Å². The monoisotopic (exact) mass is 253 g/mol. The molecule has 0 bridgehead atoms. The molecule has 0 atom stereocenters. The fourth-order valence-electron chi connectivity index (χ4n) is 1.74. The number of aromatic nitrogens is 2. The normalized spacial score (nSPS) is 11.1. The highest BCUT2D eigenvalue weighted by Crippen LogP contribution is 2.01. The van der Waals surface area contributed by atoms with Crippen molar-refractivity contribution in [3.05, 3.63) is 32.6 Å². The molecule has 0 amide bonds. The van der Waals surface area contributed by atoms with Gasteiger partial charge in [-0.15, -0.1) is 0 Å². The maximum Gasteiger partial charge on any atom is 0.328 e. The van der Waals surface area contributed by atoms with Crippen LogP contribution in [0, 0.1) is 12.8 Å². The number of aryl methyl sites for hydroxylation is 1. The maximum atomic E-state index is 11.5. The Hall–Kier alpha value is -1.36. The summed E-state index contributed by atoms with van der Waals surface area (Å²) in [5.41, 5.74) is -0.0786. The van der Waals surface area contributed by atoms with Crippen LogP contribution in [0.25, 0.3) is 0 Å². The largest absolute Gasteiger partial charge is 0.328 e. The van der Waals surface area contributed by atoms with Crippen molar-refractivity contribution in [1.29, 1.82) is 0 Å². The van der Waals surface area contributed by atoms with E-state index in [4.69, 9.17) is 0 Å². The predicted octanol–water partition coefficient (Wildman–Crippen LogP) is 0.871. The molecule has 18 heavy (non-hydrogen) atoms. The average molecular weight is 253 g/mol. The molecule has 1 aromatic rings. The molecule has 0 saturated heterocycles. The summed E-state index contributed by atoms with van der Waals surface area (Å²) in [7, 11) is 0. The summed E-state index contributed by atoms with van der Waals surface area (Å²) in [6.45, 7) is 8.41. The minimum absolute atomic E-state index is 0.304. The van der Waals surface area contributed by atoms with Crippen LogP contribution in [0.5, 0.6) is 0 Å². The quantitative estimate of drug-likeness (QED) is 0.709. The smallest absolute Gasteiger partial charge is 0.315 e. The van der Waals surface area contributed by atoms with Gasteiger partial charge in [-0.05, 0) is 32.2 Å². The molecule has 0 saturated carbocycles. The molecule has 0 unspecified atom stereocenters. The molecule has 0 radical (unpaired) electrons. The van der Waals surface area contributed by atoms with Crippen LogP contribution in [0.3, 0.4) is 0 Å².